The van der Waals surface area contributed by atoms with E-state index in [0.29, 0.717) is 5.56 Å². The predicted octanol–water partition coefficient (Wildman–Crippen LogP) is 4.47. The molecule has 0 bridgehead atoms. The molecule has 1 atom stereocenters. The molecule has 1 aliphatic carbocycles. The van der Waals surface area contributed by atoms with Gasteiger partial charge in [0.05, 0.1) is 11.6 Å². The Bertz CT molecular complexity index is 512. The van der Waals surface area contributed by atoms with Crippen LogP contribution in [0, 0.1) is 0 Å². The van der Waals surface area contributed by atoms with Gasteiger partial charge in [0.25, 0.3) is 0 Å². The Morgan fingerprint density at radius 1 is 1.25 bits per heavy atom. The minimum atomic E-state index is -4.38. The van der Waals surface area contributed by atoms with E-state index in [1.54, 1.807) is 6.07 Å². The maximum Gasteiger partial charge on any atom is 0.417 e. The molecule has 0 aromatic heterocycles. The van der Waals surface area contributed by atoms with Crippen LogP contribution in [-0.4, -0.2) is 0 Å². The number of hydrogen-bond acceptors (Lipinski definition) is 2. The molecule has 2 nitrogen and oxygen atoms in total. The van der Waals surface area contributed by atoms with Crippen LogP contribution in [0.4, 0.5) is 13.2 Å². The van der Waals surface area contributed by atoms with Crippen molar-refractivity contribution in [2.75, 3.05) is 0 Å². The summed E-state index contributed by atoms with van der Waals surface area (Å²) in [6.07, 6.45) is 1.68. The zero-order valence-corrected chi connectivity index (χ0v) is 12.4. The number of halogens is 4. The number of hydrogen-bond donors (Lipinski definition) is 2. The molecular formula is C14H16BrF3N2. The number of rotatable bonds is 3. The van der Waals surface area contributed by atoms with Crippen LogP contribution in [0.3, 0.4) is 0 Å². The van der Waals surface area contributed by atoms with Crippen molar-refractivity contribution in [2.45, 2.75) is 37.9 Å². The Morgan fingerprint density at radius 3 is 2.55 bits per heavy atom. The standard InChI is InChI=1S/C14H16BrF3N2/c15-12-7-6-10(8-11(12)14(16,17)18)13(20-19)9-4-2-1-3-5-9/h4,6-8,13,20H,1-3,5,19H2. The molecule has 1 unspecified atom stereocenters. The molecule has 0 aliphatic heterocycles. The van der Waals surface area contributed by atoms with Crippen LogP contribution in [0.1, 0.15) is 42.9 Å². The topological polar surface area (TPSA) is 38.0 Å². The Balaban J connectivity index is 2.38. The first-order chi connectivity index (χ1) is 9.43. The van der Waals surface area contributed by atoms with Gasteiger partial charge in [-0.05, 0) is 43.4 Å². The number of allylic oxidation sites excluding steroid dienone is 1. The van der Waals surface area contributed by atoms with Crippen LogP contribution in [0.25, 0.3) is 0 Å². The van der Waals surface area contributed by atoms with E-state index in [1.807, 2.05) is 0 Å². The molecule has 3 N–H and O–H groups in total. The predicted molar refractivity (Wildman–Crippen MR) is 75.8 cm³/mol. The maximum atomic E-state index is 12.9. The van der Waals surface area contributed by atoms with Crippen LogP contribution in [-0.2, 0) is 6.18 Å². The van der Waals surface area contributed by atoms with Gasteiger partial charge >= 0.3 is 6.18 Å². The fourth-order valence-corrected chi connectivity index (χ4v) is 2.95. The summed E-state index contributed by atoms with van der Waals surface area (Å²) in [6.45, 7) is 0. The summed E-state index contributed by atoms with van der Waals surface area (Å²) in [5.41, 5.74) is 3.56. The highest BCUT2D eigenvalue weighted by Gasteiger charge is 2.33. The Hall–Kier alpha value is -0.850. The third-order valence-corrected chi connectivity index (χ3v) is 4.18. The Kier molecular flexibility index (Phi) is 4.88. The molecule has 0 spiro atoms. The lowest BCUT2D eigenvalue weighted by Gasteiger charge is -2.24. The molecule has 0 heterocycles. The van der Waals surface area contributed by atoms with Gasteiger partial charge < -0.3 is 0 Å². The summed E-state index contributed by atoms with van der Waals surface area (Å²) in [6, 6.07) is 3.89. The van der Waals surface area contributed by atoms with Gasteiger partial charge in [-0.25, -0.2) is 5.43 Å². The van der Waals surface area contributed by atoms with Crippen LogP contribution < -0.4 is 11.3 Å². The number of alkyl halides is 3. The van der Waals surface area contributed by atoms with Gasteiger partial charge in [0, 0.05) is 4.47 Å². The van der Waals surface area contributed by atoms with Gasteiger partial charge in [-0.1, -0.05) is 33.6 Å². The number of hydrazine groups is 1. The summed E-state index contributed by atoms with van der Waals surface area (Å²) in [7, 11) is 0. The first-order valence-corrected chi connectivity index (χ1v) is 7.24. The quantitative estimate of drug-likeness (QED) is 0.480. The van der Waals surface area contributed by atoms with Gasteiger partial charge in [0.2, 0.25) is 0 Å². The number of nitrogens with one attached hydrogen (secondary N) is 1. The van der Waals surface area contributed by atoms with E-state index < -0.39 is 11.7 Å². The van der Waals surface area contributed by atoms with E-state index in [0.717, 1.165) is 37.3 Å². The molecule has 0 saturated heterocycles. The van der Waals surface area contributed by atoms with Crippen LogP contribution in [0.5, 0.6) is 0 Å². The molecule has 0 saturated carbocycles. The van der Waals surface area contributed by atoms with Crippen molar-refractivity contribution in [3.63, 3.8) is 0 Å². The molecule has 6 heteroatoms. The number of nitrogens with two attached hydrogens (primary N) is 1. The van der Waals surface area contributed by atoms with E-state index >= 15 is 0 Å². The molecule has 1 aromatic rings. The SMILES string of the molecule is NNC(C1=CCCCC1)c1ccc(Br)c(C(F)(F)F)c1. The Morgan fingerprint density at radius 2 is 2.00 bits per heavy atom. The molecule has 2 rings (SSSR count). The second kappa shape index (κ2) is 6.28. The largest absolute Gasteiger partial charge is 0.417 e. The van der Waals surface area contributed by atoms with Gasteiger partial charge in [-0.2, -0.15) is 13.2 Å². The molecule has 0 radical (unpaired) electrons. The summed E-state index contributed by atoms with van der Waals surface area (Å²) >= 11 is 2.95. The third-order valence-electron chi connectivity index (χ3n) is 3.49. The monoisotopic (exact) mass is 348 g/mol. The molecule has 110 valence electrons. The molecular weight excluding hydrogens is 333 g/mol. The van der Waals surface area contributed by atoms with Crippen LogP contribution in [0.15, 0.2) is 34.3 Å². The van der Waals surface area contributed by atoms with E-state index in [-0.39, 0.29) is 10.5 Å². The highest BCUT2D eigenvalue weighted by atomic mass is 79.9. The summed E-state index contributed by atoms with van der Waals surface area (Å²) in [5, 5.41) is 0. The molecule has 0 fully saturated rings. The summed E-state index contributed by atoms with van der Waals surface area (Å²) in [4.78, 5) is 0. The molecule has 20 heavy (non-hydrogen) atoms. The van der Waals surface area contributed by atoms with E-state index in [2.05, 4.69) is 27.4 Å². The van der Waals surface area contributed by atoms with Crippen molar-refractivity contribution in [1.82, 2.24) is 5.43 Å². The lowest BCUT2D eigenvalue weighted by molar-refractivity contribution is -0.138. The minimum absolute atomic E-state index is 0.0437. The molecule has 1 aromatic carbocycles. The van der Waals surface area contributed by atoms with Crippen molar-refractivity contribution in [2.24, 2.45) is 5.84 Å². The zero-order valence-electron chi connectivity index (χ0n) is 10.8. The second-order valence-electron chi connectivity index (χ2n) is 4.86. The fourth-order valence-electron chi connectivity index (χ4n) is 2.48. The fraction of sp³-hybridized carbons (Fsp3) is 0.429. The van der Waals surface area contributed by atoms with Crippen molar-refractivity contribution >= 4 is 15.9 Å². The normalized spacial score (nSPS) is 17.8. The molecule has 0 amide bonds. The van der Waals surface area contributed by atoms with E-state index in [1.165, 1.54) is 6.07 Å². The van der Waals surface area contributed by atoms with Gasteiger partial charge in [-0.15, -0.1) is 0 Å². The zero-order chi connectivity index (χ0) is 14.8. The third kappa shape index (κ3) is 3.42. The van der Waals surface area contributed by atoms with Crippen LogP contribution >= 0.6 is 15.9 Å². The average molecular weight is 349 g/mol. The summed E-state index contributed by atoms with van der Waals surface area (Å²) < 4.78 is 38.9. The van der Waals surface area contributed by atoms with Crippen molar-refractivity contribution in [3.8, 4) is 0 Å². The number of benzene rings is 1. The smallest absolute Gasteiger partial charge is 0.271 e. The van der Waals surface area contributed by atoms with Gasteiger partial charge in [0.15, 0.2) is 0 Å². The van der Waals surface area contributed by atoms with Crippen LogP contribution in [0.2, 0.25) is 0 Å². The van der Waals surface area contributed by atoms with E-state index in [4.69, 9.17) is 5.84 Å². The summed E-state index contributed by atoms with van der Waals surface area (Å²) in [5.74, 6) is 5.55. The van der Waals surface area contributed by atoms with Gasteiger partial charge in [0.1, 0.15) is 0 Å². The first kappa shape index (κ1) is 15.5. The van der Waals surface area contributed by atoms with Gasteiger partial charge in [-0.3, -0.25) is 5.84 Å². The lowest BCUT2D eigenvalue weighted by atomic mass is 9.89. The highest BCUT2D eigenvalue weighted by Crippen LogP contribution is 2.38. The minimum Gasteiger partial charge on any atom is -0.271 e. The lowest BCUT2D eigenvalue weighted by Crippen LogP contribution is -2.30. The highest BCUT2D eigenvalue weighted by molar-refractivity contribution is 9.10. The van der Waals surface area contributed by atoms with Crippen molar-refractivity contribution < 1.29 is 13.2 Å². The van der Waals surface area contributed by atoms with Crippen molar-refractivity contribution in [3.05, 3.63) is 45.4 Å². The molecule has 1 aliphatic rings. The first-order valence-electron chi connectivity index (χ1n) is 6.45. The second-order valence-corrected chi connectivity index (χ2v) is 5.72. The average Bonchev–Trinajstić information content (AvgIpc) is 2.41. The Labute approximate surface area is 124 Å². The maximum absolute atomic E-state index is 12.9. The van der Waals surface area contributed by atoms with E-state index in [9.17, 15) is 13.2 Å². The van der Waals surface area contributed by atoms with Crippen molar-refractivity contribution in [1.29, 1.82) is 0 Å².